The first-order chi connectivity index (χ1) is 9.24. The zero-order chi connectivity index (χ0) is 13.2. The number of nitrogens with zero attached hydrogens (tertiary/aromatic N) is 2. The molecular weight excluding hydrogens is 362 g/mol. The first kappa shape index (κ1) is 16.2. The second-order valence-corrected chi connectivity index (χ2v) is 7.40. The number of hydrogen-bond donors (Lipinski definition) is 1. The molecule has 2 aliphatic heterocycles. The Bertz CT molecular complexity index is 456. The lowest BCUT2D eigenvalue weighted by atomic mass is 10.2. The Kier molecular flexibility index (Phi) is 5.86. The average Bonchev–Trinajstić information content (AvgIpc) is 3.09. The Morgan fingerprint density at radius 2 is 2.10 bits per heavy atom. The second kappa shape index (κ2) is 7.22. The van der Waals surface area contributed by atoms with Gasteiger partial charge in [-0.1, -0.05) is 0 Å². The van der Waals surface area contributed by atoms with Gasteiger partial charge in [0.25, 0.3) is 5.91 Å². The predicted octanol–water partition coefficient (Wildman–Crippen LogP) is 2.05. The van der Waals surface area contributed by atoms with Gasteiger partial charge in [0, 0.05) is 44.1 Å². The van der Waals surface area contributed by atoms with Crippen molar-refractivity contribution >= 4 is 45.6 Å². The van der Waals surface area contributed by atoms with E-state index in [0.29, 0.717) is 6.04 Å². The third-order valence-electron chi connectivity index (χ3n) is 3.97. The summed E-state index contributed by atoms with van der Waals surface area (Å²) in [5.41, 5.74) is 0.813. The summed E-state index contributed by atoms with van der Waals surface area (Å²) < 4.78 is 1.02. The average molecular weight is 381 g/mol. The fraction of sp³-hybridized carbons (Fsp3) is 0.615. The fourth-order valence-corrected chi connectivity index (χ4v) is 3.98. The van der Waals surface area contributed by atoms with Crippen LogP contribution in [0.5, 0.6) is 0 Å². The molecule has 1 atom stereocenters. The van der Waals surface area contributed by atoms with E-state index in [2.05, 4.69) is 26.1 Å². The quantitative estimate of drug-likeness (QED) is 0.853. The summed E-state index contributed by atoms with van der Waals surface area (Å²) >= 11 is 4.98. The van der Waals surface area contributed by atoms with Gasteiger partial charge < -0.3 is 10.2 Å². The number of carbonyl (C=O) groups is 1. The highest BCUT2D eigenvalue weighted by atomic mass is 79.9. The van der Waals surface area contributed by atoms with E-state index in [1.165, 1.54) is 6.42 Å². The van der Waals surface area contributed by atoms with Gasteiger partial charge in [-0.05, 0) is 35.0 Å². The van der Waals surface area contributed by atoms with Gasteiger partial charge >= 0.3 is 0 Å². The van der Waals surface area contributed by atoms with E-state index in [4.69, 9.17) is 0 Å². The van der Waals surface area contributed by atoms with Gasteiger partial charge in [0.1, 0.15) is 0 Å². The molecule has 4 nitrogen and oxygen atoms in total. The first-order valence-corrected chi connectivity index (χ1v) is 8.39. The molecule has 7 heteroatoms. The van der Waals surface area contributed by atoms with E-state index in [9.17, 15) is 4.79 Å². The van der Waals surface area contributed by atoms with Crippen molar-refractivity contribution < 1.29 is 4.79 Å². The number of amides is 1. The minimum atomic E-state index is 0. The lowest BCUT2D eigenvalue weighted by molar-refractivity contribution is 0.0584. The normalized spacial score (nSPS) is 23.6. The van der Waals surface area contributed by atoms with Crippen LogP contribution in [0.25, 0.3) is 0 Å². The standard InChI is InChI=1S/C13H18BrN3OS.ClH/c14-12-7-10(9-19-12)13(18)17-5-3-16(4-6-17)11-1-2-15-8-11;/h7,9,11,15H,1-6,8H2;1H. The molecule has 1 aromatic rings. The van der Waals surface area contributed by atoms with E-state index in [-0.39, 0.29) is 18.3 Å². The Morgan fingerprint density at radius 1 is 1.35 bits per heavy atom. The Balaban J connectivity index is 0.00000147. The van der Waals surface area contributed by atoms with Gasteiger partial charge in [-0.15, -0.1) is 23.7 Å². The number of thiophene rings is 1. The van der Waals surface area contributed by atoms with Crippen LogP contribution in [0.4, 0.5) is 0 Å². The van der Waals surface area contributed by atoms with Crippen LogP contribution < -0.4 is 5.32 Å². The highest BCUT2D eigenvalue weighted by molar-refractivity contribution is 9.11. The molecule has 2 fully saturated rings. The van der Waals surface area contributed by atoms with Crippen molar-refractivity contribution in [2.75, 3.05) is 39.3 Å². The monoisotopic (exact) mass is 379 g/mol. The zero-order valence-electron chi connectivity index (χ0n) is 11.2. The molecule has 0 bridgehead atoms. The maximum absolute atomic E-state index is 12.3. The molecular formula is C13H19BrClN3OS. The highest BCUT2D eigenvalue weighted by Gasteiger charge is 2.28. The van der Waals surface area contributed by atoms with Gasteiger partial charge in [-0.2, -0.15) is 0 Å². The molecule has 1 amide bonds. The van der Waals surface area contributed by atoms with Gasteiger partial charge in [-0.3, -0.25) is 9.69 Å². The molecule has 1 N–H and O–H groups in total. The van der Waals surface area contributed by atoms with Crippen LogP contribution in [-0.4, -0.2) is 61.0 Å². The molecule has 0 aromatic carbocycles. The van der Waals surface area contributed by atoms with Crippen molar-refractivity contribution in [3.63, 3.8) is 0 Å². The van der Waals surface area contributed by atoms with Crippen molar-refractivity contribution in [3.05, 3.63) is 20.8 Å². The Labute approximate surface area is 138 Å². The summed E-state index contributed by atoms with van der Waals surface area (Å²) in [5, 5.41) is 5.34. The van der Waals surface area contributed by atoms with Crippen molar-refractivity contribution in [2.45, 2.75) is 12.5 Å². The highest BCUT2D eigenvalue weighted by Crippen LogP contribution is 2.22. The van der Waals surface area contributed by atoms with Crippen molar-refractivity contribution in [1.82, 2.24) is 15.1 Å². The Morgan fingerprint density at radius 3 is 2.65 bits per heavy atom. The van der Waals surface area contributed by atoms with Crippen molar-refractivity contribution in [3.8, 4) is 0 Å². The smallest absolute Gasteiger partial charge is 0.254 e. The van der Waals surface area contributed by atoms with Crippen LogP contribution >= 0.6 is 39.7 Å². The summed E-state index contributed by atoms with van der Waals surface area (Å²) in [5.74, 6) is 0.172. The molecule has 0 aliphatic carbocycles. The summed E-state index contributed by atoms with van der Waals surface area (Å²) in [7, 11) is 0. The molecule has 2 saturated heterocycles. The second-order valence-electron chi connectivity index (χ2n) is 5.11. The van der Waals surface area contributed by atoms with Crippen LogP contribution in [0.3, 0.4) is 0 Å². The largest absolute Gasteiger partial charge is 0.336 e. The topological polar surface area (TPSA) is 35.6 Å². The van der Waals surface area contributed by atoms with Crippen LogP contribution in [-0.2, 0) is 0 Å². The number of nitrogens with one attached hydrogen (secondary N) is 1. The number of hydrogen-bond acceptors (Lipinski definition) is 4. The number of rotatable bonds is 2. The lowest BCUT2D eigenvalue weighted by Crippen LogP contribution is -2.52. The van der Waals surface area contributed by atoms with Crippen LogP contribution in [0.15, 0.2) is 15.2 Å². The van der Waals surface area contributed by atoms with Gasteiger partial charge in [0.05, 0.1) is 9.35 Å². The molecule has 1 unspecified atom stereocenters. The maximum Gasteiger partial charge on any atom is 0.254 e. The molecule has 20 heavy (non-hydrogen) atoms. The molecule has 0 radical (unpaired) electrons. The van der Waals surface area contributed by atoms with E-state index >= 15 is 0 Å². The van der Waals surface area contributed by atoms with Crippen molar-refractivity contribution in [1.29, 1.82) is 0 Å². The van der Waals surface area contributed by atoms with E-state index in [1.807, 2.05) is 16.3 Å². The number of carbonyl (C=O) groups excluding carboxylic acids is 1. The van der Waals surface area contributed by atoms with Gasteiger partial charge in [0.15, 0.2) is 0 Å². The minimum absolute atomic E-state index is 0. The zero-order valence-corrected chi connectivity index (χ0v) is 14.4. The fourth-order valence-electron chi connectivity index (χ4n) is 2.85. The minimum Gasteiger partial charge on any atom is -0.336 e. The third-order valence-corrected chi connectivity index (χ3v) is 5.47. The molecule has 3 heterocycles. The molecule has 112 valence electrons. The molecule has 0 saturated carbocycles. The van der Waals surface area contributed by atoms with Crippen molar-refractivity contribution in [2.24, 2.45) is 0 Å². The Hall–Kier alpha value is -0.140. The van der Waals surface area contributed by atoms with Crippen LogP contribution in [0.1, 0.15) is 16.8 Å². The molecule has 1 aromatic heterocycles. The molecule has 3 rings (SSSR count). The summed E-state index contributed by atoms with van der Waals surface area (Å²) in [6.07, 6.45) is 1.24. The summed E-state index contributed by atoms with van der Waals surface area (Å²) in [4.78, 5) is 16.8. The summed E-state index contributed by atoms with van der Waals surface area (Å²) in [6, 6.07) is 2.59. The van der Waals surface area contributed by atoms with Crippen LogP contribution in [0, 0.1) is 0 Å². The van der Waals surface area contributed by atoms with Crippen LogP contribution in [0.2, 0.25) is 0 Å². The van der Waals surface area contributed by atoms with E-state index in [0.717, 1.165) is 48.6 Å². The molecule has 2 aliphatic rings. The maximum atomic E-state index is 12.3. The third kappa shape index (κ3) is 3.54. The van der Waals surface area contributed by atoms with E-state index in [1.54, 1.807) is 11.3 Å². The van der Waals surface area contributed by atoms with Gasteiger partial charge in [0.2, 0.25) is 0 Å². The van der Waals surface area contributed by atoms with E-state index < -0.39 is 0 Å². The number of halogens is 2. The predicted molar refractivity (Wildman–Crippen MR) is 88.0 cm³/mol. The lowest BCUT2D eigenvalue weighted by Gasteiger charge is -2.37. The first-order valence-electron chi connectivity index (χ1n) is 6.72. The number of piperazine rings is 1. The molecule has 0 spiro atoms. The summed E-state index contributed by atoms with van der Waals surface area (Å²) in [6.45, 7) is 5.94. The van der Waals surface area contributed by atoms with Gasteiger partial charge in [-0.25, -0.2) is 0 Å². The SMILES string of the molecule is Cl.O=C(c1csc(Br)c1)N1CCN(C2CCNC2)CC1.